The van der Waals surface area contributed by atoms with E-state index in [1.165, 1.54) is 0 Å². The predicted octanol–water partition coefficient (Wildman–Crippen LogP) is 0.900. The second kappa shape index (κ2) is 7.42. The molecule has 1 aromatic rings. The van der Waals surface area contributed by atoms with Gasteiger partial charge in [0.1, 0.15) is 5.37 Å². The summed E-state index contributed by atoms with van der Waals surface area (Å²) in [6.45, 7) is 5.97. The summed E-state index contributed by atoms with van der Waals surface area (Å²) in [5.74, 6) is 2.31. The average molecular weight is 330 g/mol. The molecule has 1 N–H and O–H groups in total. The van der Waals surface area contributed by atoms with Crippen molar-refractivity contribution in [1.82, 2.24) is 15.5 Å². The number of anilines is 1. The molecule has 1 aliphatic heterocycles. The maximum atomic E-state index is 12.2. The number of hydrogen-bond acceptors (Lipinski definition) is 7. The number of sulfone groups is 1. The summed E-state index contributed by atoms with van der Waals surface area (Å²) in [5.41, 5.74) is 0.863. The molecule has 1 aromatic heterocycles. The molecule has 2 heterocycles. The van der Waals surface area contributed by atoms with Crippen LogP contribution < -0.4 is 10.2 Å². The van der Waals surface area contributed by atoms with Crippen molar-refractivity contribution in [3.8, 4) is 0 Å². The number of nitrogens with one attached hydrogen (secondary N) is 1. The van der Waals surface area contributed by atoms with Crippen LogP contribution in [0.15, 0.2) is 12.1 Å². The molecule has 0 saturated carbocycles. The second-order valence-corrected chi connectivity index (χ2v) is 8.43. The summed E-state index contributed by atoms with van der Waals surface area (Å²) in [7, 11) is -3.12. The molecule has 0 bridgehead atoms. The van der Waals surface area contributed by atoms with Crippen molar-refractivity contribution < 1.29 is 8.42 Å². The standard InChI is InChI=1S/C13H22N4O2S2/c1-3-14-9-11-5-6-12(16-15-11)17-7-8-20-10-13(17)21(18,19)4-2/h5-6,13-14H,3-4,7-10H2,1-2H3. The van der Waals surface area contributed by atoms with Crippen molar-refractivity contribution >= 4 is 27.4 Å². The number of hydrogen-bond donors (Lipinski definition) is 1. The summed E-state index contributed by atoms with van der Waals surface area (Å²) in [6.07, 6.45) is 0. The first kappa shape index (κ1) is 16.5. The predicted molar refractivity (Wildman–Crippen MR) is 87.3 cm³/mol. The van der Waals surface area contributed by atoms with E-state index in [2.05, 4.69) is 15.5 Å². The first-order valence-corrected chi connectivity index (χ1v) is 10.0. The van der Waals surface area contributed by atoms with Crippen LogP contribution >= 0.6 is 11.8 Å². The molecule has 6 nitrogen and oxygen atoms in total. The van der Waals surface area contributed by atoms with Crippen LogP contribution in [0.2, 0.25) is 0 Å². The summed E-state index contributed by atoms with van der Waals surface area (Å²) < 4.78 is 24.5. The molecule has 1 saturated heterocycles. The van der Waals surface area contributed by atoms with Gasteiger partial charge in [0.05, 0.1) is 5.69 Å². The van der Waals surface area contributed by atoms with Gasteiger partial charge in [0.2, 0.25) is 0 Å². The highest BCUT2D eigenvalue weighted by Crippen LogP contribution is 2.25. The van der Waals surface area contributed by atoms with Crippen molar-refractivity contribution in [2.24, 2.45) is 0 Å². The van der Waals surface area contributed by atoms with Gasteiger partial charge in [-0.05, 0) is 18.7 Å². The van der Waals surface area contributed by atoms with Crippen molar-refractivity contribution in [2.45, 2.75) is 25.8 Å². The highest BCUT2D eigenvalue weighted by molar-refractivity contribution is 8.01. The minimum Gasteiger partial charge on any atom is -0.337 e. The van der Waals surface area contributed by atoms with E-state index in [4.69, 9.17) is 0 Å². The molecule has 0 spiro atoms. The zero-order valence-electron chi connectivity index (χ0n) is 12.4. The number of rotatable bonds is 6. The molecule has 1 aliphatic rings. The van der Waals surface area contributed by atoms with Crippen LogP contribution in [0.4, 0.5) is 5.82 Å². The molecular weight excluding hydrogens is 308 g/mol. The largest absolute Gasteiger partial charge is 0.337 e. The van der Waals surface area contributed by atoms with Crippen LogP contribution in [0, 0.1) is 0 Å². The molecule has 21 heavy (non-hydrogen) atoms. The van der Waals surface area contributed by atoms with Crippen LogP contribution in [0.25, 0.3) is 0 Å². The number of aromatic nitrogens is 2. The Hall–Kier alpha value is -0.860. The van der Waals surface area contributed by atoms with Gasteiger partial charge in [0.25, 0.3) is 0 Å². The maximum Gasteiger partial charge on any atom is 0.171 e. The fourth-order valence-electron chi connectivity index (χ4n) is 2.19. The zero-order valence-corrected chi connectivity index (χ0v) is 14.1. The van der Waals surface area contributed by atoms with Crippen molar-refractivity contribution in [1.29, 1.82) is 0 Å². The third-order valence-corrected chi connectivity index (χ3v) is 6.75. The fourth-order valence-corrected chi connectivity index (χ4v) is 5.16. The maximum absolute atomic E-state index is 12.2. The molecular formula is C13H22N4O2S2. The van der Waals surface area contributed by atoms with Crippen LogP contribution in [-0.2, 0) is 16.4 Å². The Morgan fingerprint density at radius 2 is 2.19 bits per heavy atom. The lowest BCUT2D eigenvalue weighted by Crippen LogP contribution is -2.48. The lowest BCUT2D eigenvalue weighted by molar-refractivity contribution is 0.578. The molecule has 8 heteroatoms. The minimum atomic E-state index is -3.12. The average Bonchev–Trinajstić information content (AvgIpc) is 2.53. The van der Waals surface area contributed by atoms with Gasteiger partial charge in [-0.2, -0.15) is 16.9 Å². The SMILES string of the molecule is CCNCc1ccc(N2CCSCC2S(=O)(=O)CC)nn1. The third-order valence-electron chi connectivity index (χ3n) is 3.46. The van der Waals surface area contributed by atoms with Crippen LogP contribution in [0.5, 0.6) is 0 Å². The van der Waals surface area contributed by atoms with E-state index in [0.29, 0.717) is 24.7 Å². The van der Waals surface area contributed by atoms with E-state index < -0.39 is 15.2 Å². The van der Waals surface area contributed by atoms with Crippen molar-refractivity contribution in [3.63, 3.8) is 0 Å². The number of thioether (sulfide) groups is 1. The fraction of sp³-hybridized carbons (Fsp3) is 0.692. The first-order chi connectivity index (χ1) is 10.1. The summed E-state index contributed by atoms with van der Waals surface area (Å²) in [6, 6.07) is 3.77. The first-order valence-electron chi connectivity index (χ1n) is 7.17. The van der Waals surface area contributed by atoms with E-state index in [1.807, 2.05) is 24.0 Å². The Kier molecular flexibility index (Phi) is 5.83. The molecule has 118 valence electrons. The van der Waals surface area contributed by atoms with Gasteiger partial charge in [0, 0.05) is 30.3 Å². The van der Waals surface area contributed by atoms with Gasteiger partial charge in [-0.1, -0.05) is 13.8 Å². The van der Waals surface area contributed by atoms with Gasteiger partial charge >= 0.3 is 0 Å². The van der Waals surface area contributed by atoms with E-state index in [1.54, 1.807) is 18.7 Å². The third kappa shape index (κ3) is 4.08. The summed E-state index contributed by atoms with van der Waals surface area (Å²) in [4.78, 5) is 1.87. The normalized spacial score (nSPS) is 19.7. The Morgan fingerprint density at radius 1 is 1.38 bits per heavy atom. The van der Waals surface area contributed by atoms with Crippen LogP contribution in [0.3, 0.4) is 0 Å². The number of nitrogens with zero attached hydrogens (tertiary/aromatic N) is 3. The van der Waals surface area contributed by atoms with Crippen LogP contribution in [0.1, 0.15) is 19.5 Å². The van der Waals surface area contributed by atoms with Gasteiger partial charge in [-0.25, -0.2) is 8.42 Å². The van der Waals surface area contributed by atoms with Gasteiger partial charge in [0.15, 0.2) is 15.7 Å². The quantitative estimate of drug-likeness (QED) is 0.830. The van der Waals surface area contributed by atoms with E-state index in [9.17, 15) is 8.42 Å². The minimum absolute atomic E-state index is 0.153. The molecule has 0 amide bonds. The molecule has 0 aromatic carbocycles. The molecule has 2 rings (SSSR count). The zero-order chi connectivity index (χ0) is 15.3. The second-order valence-electron chi connectivity index (χ2n) is 4.84. The summed E-state index contributed by atoms with van der Waals surface area (Å²) >= 11 is 1.68. The van der Waals surface area contributed by atoms with E-state index in [-0.39, 0.29) is 5.75 Å². The van der Waals surface area contributed by atoms with Crippen molar-refractivity contribution in [3.05, 3.63) is 17.8 Å². The molecule has 0 aliphatic carbocycles. The van der Waals surface area contributed by atoms with Gasteiger partial charge < -0.3 is 10.2 Å². The molecule has 1 fully saturated rings. The Morgan fingerprint density at radius 3 is 2.81 bits per heavy atom. The lowest BCUT2D eigenvalue weighted by Gasteiger charge is -2.35. The summed E-state index contributed by atoms with van der Waals surface area (Å²) in [5, 5.41) is 11.1. The molecule has 1 unspecified atom stereocenters. The lowest BCUT2D eigenvalue weighted by atomic mass is 10.3. The Labute approximate surface area is 130 Å². The van der Waals surface area contributed by atoms with Crippen LogP contribution in [-0.4, -0.2) is 54.3 Å². The Bertz CT molecular complexity index is 548. The monoisotopic (exact) mass is 330 g/mol. The van der Waals surface area contributed by atoms with E-state index in [0.717, 1.165) is 18.0 Å². The highest BCUT2D eigenvalue weighted by Gasteiger charge is 2.33. The highest BCUT2D eigenvalue weighted by atomic mass is 32.2. The van der Waals surface area contributed by atoms with E-state index >= 15 is 0 Å². The Balaban J connectivity index is 2.17. The van der Waals surface area contributed by atoms with Gasteiger partial charge in [-0.3, -0.25) is 0 Å². The van der Waals surface area contributed by atoms with Crippen molar-refractivity contribution in [2.75, 3.05) is 35.2 Å². The molecule has 1 atom stereocenters. The topological polar surface area (TPSA) is 75.2 Å². The molecule has 0 radical (unpaired) electrons. The smallest absolute Gasteiger partial charge is 0.171 e. The van der Waals surface area contributed by atoms with Gasteiger partial charge in [-0.15, -0.1) is 5.10 Å².